The van der Waals surface area contributed by atoms with Crippen LogP contribution in [0.5, 0.6) is 0 Å². The summed E-state index contributed by atoms with van der Waals surface area (Å²) in [5.41, 5.74) is 1.40. The molecule has 0 unspecified atom stereocenters. The molecule has 0 aromatic rings. The molecule has 0 rings (SSSR count). The average molecular weight is 415 g/mol. The van der Waals surface area contributed by atoms with E-state index >= 15 is 0 Å². The fourth-order valence-corrected chi connectivity index (χ4v) is 15.6. The van der Waals surface area contributed by atoms with Crippen molar-refractivity contribution >= 4 is 16.4 Å². The van der Waals surface area contributed by atoms with E-state index in [2.05, 4.69) is 39.7 Å². The summed E-state index contributed by atoms with van der Waals surface area (Å²) in [6.45, 7) is 15.6. The van der Waals surface area contributed by atoms with Crippen LogP contribution in [0.15, 0.2) is 0 Å². The van der Waals surface area contributed by atoms with E-state index in [9.17, 15) is 0 Å². The molecule has 1 nitrogen and oxygen atoms in total. The fraction of sp³-hybridized carbons (Fsp3) is 1.00. The highest BCUT2D eigenvalue weighted by Gasteiger charge is 2.29. The molecule has 0 aliphatic heterocycles. The highest BCUT2D eigenvalue weighted by molar-refractivity contribution is 6.92. The quantitative estimate of drug-likeness (QED) is 0.142. The van der Waals surface area contributed by atoms with Crippen molar-refractivity contribution in [2.24, 2.45) is 0 Å². The van der Waals surface area contributed by atoms with Crippen LogP contribution in [-0.4, -0.2) is 23.0 Å². The van der Waals surface area contributed by atoms with Gasteiger partial charge < -0.3 is 4.43 Å². The molecule has 0 aromatic carbocycles. The van der Waals surface area contributed by atoms with Crippen LogP contribution in [-0.2, 0) is 4.43 Å². The second-order valence-corrected chi connectivity index (χ2v) is 21.0. The maximum atomic E-state index is 6.30. The Hall–Kier alpha value is 0.394. The zero-order valence-electron chi connectivity index (χ0n) is 20.1. The molecule has 0 aliphatic carbocycles. The summed E-state index contributed by atoms with van der Waals surface area (Å²) in [7, 11) is -2.35. The van der Waals surface area contributed by atoms with Gasteiger partial charge in [0.05, 0.1) is 0 Å². The highest BCUT2D eigenvalue weighted by Crippen LogP contribution is 2.21. The molecule has 0 spiro atoms. The Morgan fingerprint density at radius 2 is 0.815 bits per heavy atom. The molecule has 0 bridgehead atoms. The maximum Gasteiger partial charge on any atom is 0.184 e. The van der Waals surface area contributed by atoms with Gasteiger partial charge in [-0.2, -0.15) is 0 Å². The summed E-state index contributed by atoms with van der Waals surface area (Å²) in [5, 5.41) is 0. The third-order valence-electron chi connectivity index (χ3n) is 5.45. The third-order valence-corrected chi connectivity index (χ3v) is 14.1. The monoisotopic (exact) mass is 414 g/mol. The van der Waals surface area contributed by atoms with Crippen molar-refractivity contribution in [1.82, 2.24) is 0 Å². The Morgan fingerprint density at radius 1 is 0.481 bits per heavy atom. The van der Waals surface area contributed by atoms with Crippen molar-refractivity contribution < 1.29 is 4.43 Å². The Balaban J connectivity index is 3.23. The molecule has 27 heavy (non-hydrogen) atoms. The highest BCUT2D eigenvalue weighted by atomic mass is 28.4. The summed E-state index contributed by atoms with van der Waals surface area (Å²) in [5.74, 6) is 0. The second kappa shape index (κ2) is 17.3. The molecule has 0 saturated carbocycles. The molecule has 0 heterocycles. The number of rotatable bonds is 20. The van der Waals surface area contributed by atoms with E-state index in [0.717, 1.165) is 6.61 Å². The Morgan fingerprint density at radius 3 is 1.15 bits per heavy atom. The lowest BCUT2D eigenvalue weighted by molar-refractivity contribution is 0.296. The lowest BCUT2D eigenvalue weighted by atomic mass is 10.0. The van der Waals surface area contributed by atoms with E-state index in [1.54, 1.807) is 0 Å². The minimum absolute atomic E-state index is 0.968. The van der Waals surface area contributed by atoms with Crippen LogP contribution in [0.3, 0.4) is 0 Å². The second-order valence-electron chi connectivity index (χ2n) is 10.6. The molecule has 0 N–H and O–H groups in total. The maximum absolute atomic E-state index is 6.30. The molecule has 0 amide bonds. The standard InChI is InChI=1S/C24H54OSi2/c1-7-8-9-10-11-12-13-14-15-16-17-18-19-20-21-22-23-25-27(5,6)24-26(2,3)4/h7-24H2,1-6H3. The zero-order valence-corrected chi connectivity index (χ0v) is 22.1. The first kappa shape index (κ1) is 27.4. The minimum Gasteiger partial charge on any atom is -0.418 e. The minimum atomic E-state index is -1.39. The molecule has 0 aromatic heterocycles. The van der Waals surface area contributed by atoms with Gasteiger partial charge in [-0.15, -0.1) is 0 Å². The van der Waals surface area contributed by atoms with Crippen molar-refractivity contribution in [2.45, 2.75) is 148 Å². The first-order chi connectivity index (χ1) is 12.8. The predicted molar refractivity (Wildman–Crippen MR) is 131 cm³/mol. The molecule has 0 saturated heterocycles. The van der Waals surface area contributed by atoms with Gasteiger partial charge in [-0.3, -0.25) is 0 Å². The van der Waals surface area contributed by atoms with Gasteiger partial charge in [0.25, 0.3) is 0 Å². The van der Waals surface area contributed by atoms with E-state index in [4.69, 9.17) is 4.43 Å². The predicted octanol–water partition coefficient (Wildman–Crippen LogP) is 9.35. The van der Waals surface area contributed by atoms with Gasteiger partial charge in [0.15, 0.2) is 8.32 Å². The number of hydrogen-bond acceptors (Lipinski definition) is 1. The van der Waals surface area contributed by atoms with Crippen LogP contribution >= 0.6 is 0 Å². The normalized spacial score (nSPS) is 12.7. The first-order valence-corrected chi connectivity index (χ1v) is 19.2. The van der Waals surface area contributed by atoms with E-state index in [1.165, 1.54) is 108 Å². The molecular formula is C24H54OSi2. The fourth-order valence-electron chi connectivity index (χ4n) is 4.33. The molecular weight excluding hydrogens is 360 g/mol. The van der Waals surface area contributed by atoms with Crippen LogP contribution in [0, 0.1) is 0 Å². The summed E-state index contributed by atoms with van der Waals surface area (Å²) in [6.07, 6.45) is 23.0. The third kappa shape index (κ3) is 22.5. The van der Waals surface area contributed by atoms with Crippen LogP contribution in [0.25, 0.3) is 0 Å². The van der Waals surface area contributed by atoms with E-state index in [1.807, 2.05) is 0 Å². The van der Waals surface area contributed by atoms with Crippen LogP contribution in [0.2, 0.25) is 38.4 Å². The largest absolute Gasteiger partial charge is 0.418 e. The summed E-state index contributed by atoms with van der Waals surface area (Å²) < 4.78 is 6.30. The molecule has 0 radical (unpaired) electrons. The van der Waals surface area contributed by atoms with Crippen molar-refractivity contribution in [3.8, 4) is 0 Å². The van der Waals surface area contributed by atoms with Crippen LogP contribution < -0.4 is 0 Å². The van der Waals surface area contributed by atoms with Gasteiger partial charge in [-0.05, 0) is 25.2 Å². The van der Waals surface area contributed by atoms with Crippen molar-refractivity contribution in [2.75, 3.05) is 6.61 Å². The number of unbranched alkanes of at least 4 members (excludes halogenated alkanes) is 15. The van der Waals surface area contributed by atoms with Crippen molar-refractivity contribution in [3.63, 3.8) is 0 Å². The lowest BCUT2D eigenvalue weighted by Crippen LogP contribution is -2.40. The van der Waals surface area contributed by atoms with Crippen LogP contribution in [0.1, 0.15) is 110 Å². The molecule has 164 valence electrons. The van der Waals surface area contributed by atoms with Gasteiger partial charge in [-0.25, -0.2) is 0 Å². The Bertz CT molecular complexity index is 310. The lowest BCUT2D eigenvalue weighted by Gasteiger charge is -2.29. The topological polar surface area (TPSA) is 9.23 Å². The van der Waals surface area contributed by atoms with Gasteiger partial charge in [-0.1, -0.05) is 123 Å². The van der Waals surface area contributed by atoms with Gasteiger partial charge in [0, 0.05) is 14.7 Å². The number of hydrogen-bond donors (Lipinski definition) is 0. The van der Waals surface area contributed by atoms with Gasteiger partial charge >= 0.3 is 0 Å². The average Bonchev–Trinajstić information content (AvgIpc) is 2.55. The Kier molecular flexibility index (Phi) is 17.5. The SMILES string of the molecule is CCCCCCCCCCCCCCCCCCO[Si](C)(C)C[Si](C)(C)C. The van der Waals surface area contributed by atoms with E-state index < -0.39 is 16.4 Å². The summed E-state index contributed by atoms with van der Waals surface area (Å²) in [4.78, 5) is 0. The Labute approximate surface area is 175 Å². The van der Waals surface area contributed by atoms with Gasteiger partial charge in [0.2, 0.25) is 0 Å². The molecule has 0 atom stereocenters. The molecule has 3 heteroatoms. The molecule has 0 fully saturated rings. The molecule has 0 aliphatic rings. The summed E-state index contributed by atoms with van der Waals surface area (Å²) in [6, 6.07) is 0. The van der Waals surface area contributed by atoms with Gasteiger partial charge in [0.1, 0.15) is 0 Å². The van der Waals surface area contributed by atoms with E-state index in [0.29, 0.717) is 0 Å². The van der Waals surface area contributed by atoms with E-state index in [-0.39, 0.29) is 0 Å². The first-order valence-electron chi connectivity index (χ1n) is 12.4. The summed E-state index contributed by atoms with van der Waals surface area (Å²) >= 11 is 0. The van der Waals surface area contributed by atoms with Crippen molar-refractivity contribution in [1.29, 1.82) is 0 Å². The van der Waals surface area contributed by atoms with Crippen molar-refractivity contribution in [3.05, 3.63) is 0 Å². The zero-order chi connectivity index (χ0) is 20.4. The van der Waals surface area contributed by atoms with Crippen LogP contribution in [0.4, 0.5) is 0 Å². The smallest absolute Gasteiger partial charge is 0.184 e.